The van der Waals surface area contributed by atoms with E-state index in [9.17, 15) is 33.9 Å². The molecule has 0 saturated carbocycles. The normalized spacial score (nSPS) is 12.2. The van der Waals surface area contributed by atoms with Crippen molar-refractivity contribution in [3.63, 3.8) is 0 Å². The van der Waals surface area contributed by atoms with Gasteiger partial charge in [0.1, 0.15) is 29.3 Å². The Morgan fingerprint density at radius 2 is 0.903 bits per heavy atom. The van der Waals surface area contributed by atoms with Crippen LogP contribution < -0.4 is 35.8 Å². The number of hydrogen-bond acceptors (Lipinski definition) is 18. The van der Waals surface area contributed by atoms with Crippen LogP contribution in [0.2, 0.25) is 0 Å². The fourth-order valence-electron chi connectivity index (χ4n) is 10.9. The summed E-state index contributed by atoms with van der Waals surface area (Å²) in [4.78, 5) is 89.8. The standard InChI is InChI=1S/C39H46N4O7S.C28H25N3O3S.C11H22BrNO4/c1-26-8-6-7-9-32(26)36(45)43-18-16-29-25-30(12-15-33(29)43)35-27(2)51-37(42-35)41-34(44)24-28-10-13-31(14-11-28)49-23-22-48-21-20-47-19-17-40-38(46)50-39(3,4)5;1-17-5-3-4-6-23(17)27(34)31-14-13-20-16-21(9-12-24(20)31)26-18(2)35-28(30-26)29-25(33)15-19-7-10-22(32)11-8-19;1-11(2,3)17-10(14)13-5-7-16-9-8-15-6-4-12/h6-15,25H,16-24H2,1-5H3,(H,40,46)(H,41,42,44);3-12,16,32H,13-15H2,1-2H3,(H,29,30,33);4-9H2,1-3H3,(H,13,14). The largest absolute Gasteiger partial charge is 0.508 e. The van der Waals surface area contributed by atoms with Gasteiger partial charge in [0.05, 0.1) is 77.1 Å². The van der Waals surface area contributed by atoms with Crippen molar-refractivity contribution in [3.8, 4) is 34.0 Å². The lowest BCUT2D eigenvalue weighted by atomic mass is 10.0. The van der Waals surface area contributed by atoms with Gasteiger partial charge in [0.25, 0.3) is 11.8 Å². The SMILES string of the molecule is CC(C)(C)OC(=O)NCCOCCOCCBr.Cc1ccccc1C(=O)N1CCc2cc(-c3nc(NC(=O)Cc4ccc(O)cc4)sc3C)ccc21.Cc1ccccc1C(=O)N1CCc2cc(-c3nc(NC(=O)Cc4ccc(OCCOCCOCCNC(=O)OC(C)(C)C)cc4)sc3C)ccc21. The third-order valence-electron chi connectivity index (χ3n) is 15.7. The molecule has 22 nitrogen and oxygen atoms in total. The Labute approximate surface area is 619 Å². The number of anilines is 4. The molecule has 4 heterocycles. The zero-order valence-electron chi connectivity index (χ0n) is 60.2. The van der Waals surface area contributed by atoms with Gasteiger partial charge >= 0.3 is 12.2 Å². The van der Waals surface area contributed by atoms with Gasteiger partial charge in [-0.2, -0.15) is 0 Å². The molecule has 2 aromatic heterocycles. The minimum atomic E-state index is -0.531. The zero-order chi connectivity index (χ0) is 74.1. The lowest BCUT2D eigenvalue weighted by molar-refractivity contribution is -0.116. The van der Waals surface area contributed by atoms with Crippen LogP contribution in [0.25, 0.3) is 22.5 Å². The molecule has 10 rings (SSSR count). The van der Waals surface area contributed by atoms with Crippen molar-refractivity contribution in [2.75, 3.05) is 111 Å². The predicted molar refractivity (Wildman–Crippen MR) is 408 cm³/mol. The number of hydrogen-bond donors (Lipinski definition) is 5. The van der Waals surface area contributed by atoms with Crippen LogP contribution in [0.4, 0.5) is 31.2 Å². The number of thiazole rings is 2. The van der Waals surface area contributed by atoms with Crippen LogP contribution in [0.15, 0.2) is 133 Å². The number of carbonyl (C=O) groups excluding carboxylic acids is 6. The molecule has 548 valence electrons. The molecule has 0 atom stereocenters. The second-order valence-electron chi connectivity index (χ2n) is 26.2. The van der Waals surface area contributed by atoms with Gasteiger partial charge in [-0.25, -0.2) is 19.6 Å². The first-order valence-electron chi connectivity index (χ1n) is 34.2. The van der Waals surface area contributed by atoms with Gasteiger partial charge < -0.3 is 69.3 Å². The predicted octanol–water partition coefficient (Wildman–Crippen LogP) is 14.2. The molecule has 0 bridgehead atoms. The number of alkyl halides is 1. The van der Waals surface area contributed by atoms with E-state index >= 15 is 0 Å². The number of rotatable bonds is 28. The van der Waals surface area contributed by atoms with E-state index in [0.717, 1.165) is 106 Å². The number of fused-ring (bicyclic) bond motifs is 2. The summed E-state index contributed by atoms with van der Waals surface area (Å²) in [7, 11) is 0. The Morgan fingerprint density at radius 1 is 0.505 bits per heavy atom. The van der Waals surface area contributed by atoms with Crippen LogP contribution in [0.1, 0.15) is 105 Å². The average Bonchev–Trinajstić information content (AvgIpc) is 1.66. The topological polar surface area (TPSA) is 268 Å². The number of nitrogens with one attached hydrogen (secondary N) is 4. The van der Waals surface area contributed by atoms with Crippen LogP contribution >= 0.6 is 38.6 Å². The number of aromatic nitrogens is 2. The van der Waals surface area contributed by atoms with Gasteiger partial charge in [0, 0.05) is 74.9 Å². The molecule has 0 fully saturated rings. The fourth-order valence-corrected chi connectivity index (χ4v) is 12.8. The summed E-state index contributed by atoms with van der Waals surface area (Å²) in [5, 5.41) is 22.4. The molecule has 6 amide bonds. The van der Waals surface area contributed by atoms with E-state index in [-0.39, 0.29) is 42.2 Å². The number of benzene rings is 6. The van der Waals surface area contributed by atoms with Gasteiger partial charge in [0.15, 0.2) is 10.3 Å². The van der Waals surface area contributed by atoms with Crippen LogP contribution in [0.3, 0.4) is 0 Å². The number of phenolic OH excluding ortho intramolecular Hbond substituents is 1. The fraction of sp³-hybridized carbons (Fsp3) is 0.385. The minimum Gasteiger partial charge on any atom is -0.508 e. The molecule has 2 aliphatic rings. The van der Waals surface area contributed by atoms with Gasteiger partial charge in [-0.3, -0.25) is 19.2 Å². The lowest BCUT2D eigenvalue weighted by Gasteiger charge is -2.19. The van der Waals surface area contributed by atoms with Crippen LogP contribution in [0.5, 0.6) is 11.5 Å². The van der Waals surface area contributed by atoms with Crippen LogP contribution in [-0.2, 0) is 63.7 Å². The number of carbonyl (C=O) groups is 6. The summed E-state index contributed by atoms with van der Waals surface area (Å²) in [5.74, 6) is 0.591. The third-order valence-corrected chi connectivity index (χ3v) is 17.8. The summed E-state index contributed by atoms with van der Waals surface area (Å²) in [6, 6.07) is 41.5. The number of aromatic hydroxyl groups is 1. The highest BCUT2D eigenvalue weighted by atomic mass is 79.9. The first-order chi connectivity index (χ1) is 49.3. The van der Waals surface area contributed by atoms with Crippen molar-refractivity contribution in [2.45, 2.75) is 106 Å². The maximum absolute atomic E-state index is 13.3. The monoisotopic (exact) mass is 1510 g/mol. The number of alkyl carbamates (subject to hydrolysis) is 2. The minimum absolute atomic E-state index is 0.0179. The molecule has 0 saturated heterocycles. The van der Waals surface area contributed by atoms with Crippen molar-refractivity contribution in [2.24, 2.45) is 0 Å². The second kappa shape index (κ2) is 39.0. The third kappa shape index (κ3) is 25.4. The Balaban J connectivity index is 0.000000222. The van der Waals surface area contributed by atoms with Crippen molar-refractivity contribution >= 4 is 96.1 Å². The molecular formula is C78H93BrN8O14S2. The molecule has 25 heteroatoms. The molecule has 0 spiro atoms. The molecule has 2 aliphatic heterocycles. The van der Waals surface area contributed by atoms with E-state index in [0.29, 0.717) is 102 Å². The highest BCUT2D eigenvalue weighted by molar-refractivity contribution is 9.09. The number of phenols is 1. The quantitative estimate of drug-likeness (QED) is 0.0225. The Bertz CT molecular complexity index is 4150. The van der Waals surface area contributed by atoms with Gasteiger partial charge in [-0.05, 0) is 176 Å². The molecule has 6 aromatic carbocycles. The number of nitrogens with zero attached hydrogens (tertiary/aromatic N) is 4. The van der Waals surface area contributed by atoms with Crippen molar-refractivity contribution < 1.29 is 67.0 Å². The maximum atomic E-state index is 13.3. The number of aryl methyl sites for hydroxylation is 4. The van der Waals surface area contributed by atoms with Crippen LogP contribution in [-0.4, -0.2) is 153 Å². The van der Waals surface area contributed by atoms with E-state index in [4.69, 9.17) is 38.1 Å². The van der Waals surface area contributed by atoms with Crippen molar-refractivity contribution in [1.29, 1.82) is 0 Å². The lowest BCUT2D eigenvalue weighted by Crippen LogP contribution is -2.34. The summed E-state index contributed by atoms with van der Waals surface area (Å²) in [5.41, 5.74) is 11.8. The molecule has 8 aromatic rings. The second-order valence-corrected chi connectivity index (χ2v) is 29.4. The molecule has 5 N–H and O–H groups in total. The summed E-state index contributed by atoms with van der Waals surface area (Å²) in [6.45, 7) is 25.1. The van der Waals surface area contributed by atoms with Crippen molar-refractivity contribution in [1.82, 2.24) is 20.6 Å². The average molecular weight is 1510 g/mol. The summed E-state index contributed by atoms with van der Waals surface area (Å²) >= 11 is 6.14. The van der Waals surface area contributed by atoms with E-state index < -0.39 is 23.4 Å². The zero-order valence-corrected chi connectivity index (χ0v) is 63.4. The van der Waals surface area contributed by atoms with Gasteiger partial charge in [0.2, 0.25) is 11.8 Å². The van der Waals surface area contributed by atoms with E-state index in [1.807, 2.05) is 176 Å². The van der Waals surface area contributed by atoms with Crippen molar-refractivity contribution in [3.05, 3.63) is 188 Å². The molecule has 0 radical (unpaired) electrons. The first kappa shape index (κ1) is 79.6. The molecule has 103 heavy (non-hydrogen) atoms. The summed E-state index contributed by atoms with van der Waals surface area (Å²) < 4.78 is 37.4. The van der Waals surface area contributed by atoms with E-state index in [1.165, 1.54) is 22.7 Å². The first-order valence-corrected chi connectivity index (χ1v) is 36.9. The number of amides is 6. The maximum Gasteiger partial charge on any atom is 0.407 e. The van der Waals surface area contributed by atoms with Gasteiger partial charge in [-0.15, -0.1) is 22.7 Å². The number of ether oxygens (including phenoxy) is 7. The van der Waals surface area contributed by atoms with Gasteiger partial charge in [-0.1, -0.05) is 88.7 Å². The highest BCUT2D eigenvalue weighted by Crippen LogP contribution is 2.39. The highest BCUT2D eigenvalue weighted by Gasteiger charge is 2.30. The molecular weight excluding hydrogens is 1420 g/mol. The summed E-state index contributed by atoms with van der Waals surface area (Å²) in [6.07, 6.45) is 1.09. The Hall–Kier alpha value is -9.08. The smallest absolute Gasteiger partial charge is 0.407 e. The van der Waals surface area contributed by atoms with E-state index in [1.54, 1.807) is 24.3 Å². The Kier molecular flexibility index (Phi) is 30.1. The Morgan fingerprint density at radius 3 is 1.32 bits per heavy atom. The van der Waals surface area contributed by atoms with Crippen LogP contribution in [0, 0.1) is 27.7 Å². The van der Waals surface area contributed by atoms with E-state index in [2.05, 4.69) is 54.3 Å². The molecule has 0 aliphatic carbocycles. The molecule has 0 unspecified atom stereocenters. The number of halogens is 1.